The Balaban J connectivity index is 2.18. The van der Waals surface area contributed by atoms with Crippen LogP contribution in [0.5, 0.6) is 0 Å². The Hall–Kier alpha value is -0.830. The maximum atomic E-state index is 11.7. The summed E-state index contributed by atoms with van der Waals surface area (Å²) in [5.74, 6) is 0.0302. The lowest BCUT2D eigenvalue weighted by molar-refractivity contribution is -0.196. The highest BCUT2D eigenvalue weighted by molar-refractivity contribution is 5.87. The number of carbonyl (C=O) groups excluding carboxylic acids is 1. The lowest BCUT2D eigenvalue weighted by Gasteiger charge is -2.48. The predicted molar refractivity (Wildman–Crippen MR) is 63.1 cm³/mol. The minimum atomic E-state index is -0.235. The van der Waals surface area contributed by atoms with Crippen LogP contribution in [0.3, 0.4) is 0 Å². The van der Waals surface area contributed by atoms with Crippen molar-refractivity contribution < 1.29 is 9.53 Å². The number of hydrogen-bond donors (Lipinski definition) is 0. The van der Waals surface area contributed by atoms with Crippen LogP contribution in [0.2, 0.25) is 0 Å². The van der Waals surface area contributed by atoms with E-state index in [1.807, 2.05) is 4.90 Å². The zero-order valence-electron chi connectivity index (χ0n) is 10.3. The highest BCUT2D eigenvalue weighted by Crippen LogP contribution is 2.40. The Labute approximate surface area is 97.5 Å². The summed E-state index contributed by atoms with van der Waals surface area (Å²) in [5.41, 5.74) is -0.318. The van der Waals surface area contributed by atoms with Crippen LogP contribution < -0.4 is 0 Å². The van der Waals surface area contributed by atoms with E-state index in [0.717, 1.165) is 19.4 Å². The number of morpholine rings is 1. The normalized spacial score (nSPS) is 27.0. The van der Waals surface area contributed by atoms with E-state index in [1.54, 1.807) is 0 Å². The number of ether oxygens (including phenoxy) is 1. The molecular formula is C13H21NO2. The molecular weight excluding hydrogens is 202 g/mol. The molecule has 0 aromatic rings. The molecule has 1 aliphatic heterocycles. The highest BCUT2D eigenvalue weighted by Gasteiger charge is 2.46. The van der Waals surface area contributed by atoms with E-state index < -0.39 is 0 Å². The Bertz CT molecular complexity index is 303. The SMILES string of the molecule is C=CC(=O)N1CC(C)(C)OC2(CCCC2)C1. The second-order valence-corrected chi connectivity index (χ2v) is 5.65. The highest BCUT2D eigenvalue weighted by atomic mass is 16.5. The largest absolute Gasteiger partial charge is 0.365 e. The molecule has 1 aliphatic carbocycles. The Morgan fingerprint density at radius 2 is 1.94 bits per heavy atom. The molecule has 3 nitrogen and oxygen atoms in total. The molecule has 16 heavy (non-hydrogen) atoms. The van der Waals surface area contributed by atoms with Crippen molar-refractivity contribution in [2.75, 3.05) is 13.1 Å². The minimum absolute atomic E-state index is 0.0302. The standard InChI is InChI=1S/C13H21NO2/c1-4-11(15)14-9-12(2,3)16-13(10-14)7-5-6-8-13/h4H,1,5-10H2,2-3H3. The molecule has 3 heteroatoms. The fraction of sp³-hybridized carbons (Fsp3) is 0.769. The van der Waals surface area contributed by atoms with Gasteiger partial charge in [0.05, 0.1) is 17.7 Å². The summed E-state index contributed by atoms with van der Waals surface area (Å²) in [7, 11) is 0. The van der Waals surface area contributed by atoms with Crippen LogP contribution in [-0.2, 0) is 9.53 Å². The van der Waals surface area contributed by atoms with Crippen molar-refractivity contribution >= 4 is 5.91 Å². The van der Waals surface area contributed by atoms with Gasteiger partial charge in [-0.3, -0.25) is 4.79 Å². The van der Waals surface area contributed by atoms with E-state index in [1.165, 1.54) is 18.9 Å². The first-order valence-corrected chi connectivity index (χ1v) is 6.08. The van der Waals surface area contributed by atoms with Crippen LogP contribution >= 0.6 is 0 Å². The van der Waals surface area contributed by atoms with Gasteiger partial charge < -0.3 is 9.64 Å². The first kappa shape index (κ1) is 11.6. The molecule has 2 aliphatic rings. The van der Waals surface area contributed by atoms with Gasteiger partial charge in [-0.25, -0.2) is 0 Å². The van der Waals surface area contributed by atoms with Crippen LogP contribution in [0.1, 0.15) is 39.5 Å². The van der Waals surface area contributed by atoms with E-state index in [0.29, 0.717) is 6.54 Å². The molecule has 0 bridgehead atoms. The average Bonchev–Trinajstić information content (AvgIpc) is 2.62. The minimum Gasteiger partial charge on any atom is -0.365 e. The zero-order chi connectivity index (χ0) is 11.8. The van der Waals surface area contributed by atoms with Gasteiger partial charge in [-0.15, -0.1) is 0 Å². The van der Waals surface area contributed by atoms with Crippen LogP contribution in [0, 0.1) is 0 Å². The Morgan fingerprint density at radius 1 is 1.31 bits per heavy atom. The summed E-state index contributed by atoms with van der Waals surface area (Å²) >= 11 is 0. The summed E-state index contributed by atoms with van der Waals surface area (Å²) < 4.78 is 6.22. The van der Waals surface area contributed by atoms with E-state index in [2.05, 4.69) is 20.4 Å². The molecule has 1 heterocycles. The van der Waals surface area contributed by atoms with Crippen molar-refractivity contribution in [3.05, 3.63) is 12.7 Å². The lowest BCUT2D eigenvalue weighted by atomic mass is 9.94. The maximum Gasteiger partial charge on any atom is 0.246 e. The smallest absolute Gasteiger partial charge is 0.246 e. The van der Waals surface area contributed by atoms with Crippen molar-refractivity contribution in [2.24, 2.45) is 0 Å². The third-order valence-electron chi connectivity index (χ3n) is 3.54. The molecule has 0 N–H and O–H groups in total. The van der Waals surface area contributed by atoms with Gasteiger partial charge in [0.2, 0.25) is 5.91 Å². The molecule has 0 atom stereocenters. The molecule has 2 fully saturated rings. The van der Waals surface area contributed by atoms with Crippen molar-refractivity contribution in [1.29, 1.82) is 0 Å². The number of amides is 1. The second kappa shape index (κ2) is 3.88. The van der Waals surface area contributed by atoms with Crippen molar-refractivity contribution in [2.45, 2.75) is 50.7 Å². The molecule has 0 aromatic heterocycles. The van der Waals surface area contributed by atoms with Gasteiger partial charge in [-0.05, 0) is 32.8 Å². The molecule has 2 rings (SSSR count). The van der Waals surface area contributed by atoms with Gasteiger partial charge >= 0.3 is 0 Å². The van der Waals surface area contributed by atoms with Gasteiger partial charge in [0.15, 0.2) is 0 Å². The predicted octanol–water partition coefficient (Wildman–Crippen LogP) is 2.12. The van der Waals surface area contributed by atoms with Crippen LogP contribution in [0.4, 0.5) is 0 Å². The molecule has 0 aromatic carbocycles. The first-order valence-electron chi connectivity index (χ1n) is 6.08. The lowest BCUT2D eigenvalue weighted by Crippen LogP contribution is -2.59. The zero-order valence-corrected chi connectivity index (χ0v) is 10.3. The van der Waals surface area contributed by atoms with E-state index in [9.17, 15) is 4.79 Å². The molecule has 0 unspecified atom stereocenters. The van der Waals surface area contributed by atoms with Crippen molar-refractivity contribution in [1.82, 2.24) is 4.90 Å². The molecule has 0 radical (unpaired) electrons. The summed E-state index contributed by atoms with van der Waals surface area (Å²) in [4.78, 5) is 13.6. The quantitative estimate of drug-likeness (QED) is 0.637. The Kier molecular flexibility index (Phi) is 2.82. The van der Waals surface area contributed by atoms with Crippen LogP contribution in [0.25, 0.3) is 0 Å². The molecule has 1 amide bonds. The van der Waals surface area contributed by atoms with E-state index in [-0.39, 0.29) is 17.1 Å². The number of carbonyl (C=O) groups is 1. The van der Waals surface area contributed by atoms with E-state index >= 15 is 0 Å². The van der Waals surface area contributed by atoms with Gasteiger partial charge in [0, 0.05) is 6.54 Å². The van der Waals surface area contributed by atoms with Gasteiger partial charge in [0.1, 0.15) is 0 Å². The van der Waals surface area contributed by atoms with E-state index in [4.69, 9.17) is 4.74 Å². The molecule has 90 valence electrons. The first-order chi connectivity index (χ1) is 7.46. The number of nitrogens with zero attached hydrogens (tertiary/aromatic N) is 1. The molecule has 1 spiro atoms. The fourth-order valence-electron chi connectivity index (χ4n) is 3.08. The van der Waals surface area contributed by atoms with Crippen LogP contribution in [-0.4, -0.2) is 35.1 Å². The summed E-state index contributed by atoms with van der Waals surface area (Å²) in [5, 5.41) is 0. The number of rotatable bonds is 1. The summed E-state index contributed by atoms with van der Waals surface area (Å²) in [6.07, 6.45) is 6.00. The van der Waals surface area contributed by atoms with Gasteiger partial charge in [0.25, 0.3) is 0 Å². The summed E-state index contributed by atoms with van der Waals surface area (Å²) in [6.45, 7) is 9.10. The van der Waals surface area contributed by atoms with Gasteiger partial charge in [-0.2, -0.15) is 0 Å². The fourth-order valence-corrected chi connectivity index (χ4v) is 3.08. The Morgan fingerprint density at radius 3 is 2.50 bits per heavy atom. The third-order valence-corrected chi connectivity index (χ3v) is 3.54. The third kappa shape index (κ3) is 2.14. The van der Waals surface area contributed by atoms with Crippen molar-refractivity contribution in [3.63, 3.8) is 0 Å². The maximum absolute atomic E-state index is 11.7. The molecule has 1 saturated carbocycles. The summed E-state index contributed by atoms with van der Waals surface area (Å²) in [6, 6.07) is 0. The monoisotopic (exact) mass is 223 g/mol. The van der Waals surface area contributed by atoms with Crippen LogP contribution in [0.15, 0.2) is 12.7 Å². The molecule has 1 saturated heterocycles. The van der Waals surface area contributed by atoms with Crippen molar-refractivity contribution in [3.8, 4) is 0 Å². The number of hydrogen-bond acceptors (Lipinski definition) is 2. The average molecular weight is 223 g/mol. The topological polar surface area (TPSA) is 29.5 Å². The van der Waals surface area contributed by atoms with Gasteiger partial charge in [-0.1, -0.05) is 19.4 Å². The second-order valence-electron chi connectivity index (χ2n) is 5.65.